The number of halogens is 1. The lowest BCUT2D eigenvalue weighted by atomic mass is 10.1. The molecule has 0 radical (unpaired) electrons. The summed E-state index contributed by atoms with van der Waals surface area (Å²) in [4.78, 5) is 28.5. The van der Waals surface area contributed by atoms with E-state index in [9.17, 15) is 14.0 Å². The van der Waals surface area contributed by atoms with Gasteiger partial charge in [-0.3, -0.25) is 9.59 Å². The van der Waals surface area contributed by atoms with Crippen LogP contribution in [-0.2, 0) is 4.79 Å². The van der Waals surface area contributed by atoms with E-state index in [2.05, 4.69) is 5.32 Å². The quantitative estimate of drug-likeness (QED) is 0.569. The highest BCUT2D eigenvalue weighted by Gasteiger charge is 2.42. The maximum absolute atomic E-state index is 13.7. The molecular weight excluding hydrogens is 443 g/mol. The van der Waals surface area contributed by atoms with Crippen LogP contribution in [-0.4, -0.2) is 42.7 Å². The molecule has 0 aliphatic carbocycles. The summed E-state index contributed by atoms with van der Waals surface area (Å²) in [5.41, 5.74) is 1.78. The number of thioether (sulfide) groups is 1. The maximum atomic E-state index is 13.7. The Morgan fingerprint density at radius 3 is 2.33 bits per heavy atom. The predicted molar refractivity (Wildman–Crippen MR) is 126 cm³/mol. The Labute approximate surface area is 195 Å². The van der Waals surface area contributed by atoms with Crippen molar-refractivity contribution in [1.29, 1.82) is 0 Å². The Bertz CT molecular complexity index is 1140. The number of nitrogens with zero attached hydrogens (tertiary/aromatic N) is 1. The third-order valence-corrected chi connectivity index (χ3v) is 6.69. The van der Waals surface area contributed by atoms with Crippen molar-refractivity contribution in [2.24, 2.45) is 0 Å². The molecule has 0 aromatic heterocycles. The van der Waals surface area contributed by atoms with Crippen LogP contribution in [0.25, 0.3) is 0 Å². The van der Waals surface area contributed by atoms with E-state index in [4.69, 9.17) is 9.47 Å². The lowest BCUT2D eigenvalue weighted by Crippen LogP contribution is -2.45. The zero-order valence-corrected chi connectivity index (χ0v) is 19.0. The summed E-state index contributed by atoms with van der Waals surface area (Å²) < 4.78 is 23.9. The largest absolute Gasteiger partial charge is 0.493 e. The van der Waals surface area contributed by atoms with Crippen LogP contribution in [0.5, 0.6) is 11.5 Å². The summed E-state index contributed by atoms with van der Waals surface area (Å²) in [6, 6.07) is 19.3. The molecule has 4 rings (SSSR count). The molecular formula is C25H23FN2O4S. The molecule has 2 unspecified atom stereocenters. The number of anilines is 1. The molecule has 0 spiro atoms. The highest BCUT2D eigenvalue weighted by molar-refractivity contribution is 7.99. The van der Waals surface area contributed by atoms with Crippen LogP contribution < -0.4 is 14.8 Å². The fourth-order valence-electron chi connectivity index (χ4n) is 3.71. The standard InChI is InChI=1S/C25H23FN2O4S/c1-31-21-13-8-17(14-22(21)32-2)24(30)28-20(15-33-25(28)16-6-4-3-5-7-16)23(29)27-19-11-9-18(26)10-12-19/h3-14,20,25H,15H2,1-2H3,(H,27,29). The van der Waals surface area contributed by atoms with Gasteiger partial charge in [0.25, 0.3) is 5.91 Å². The van der Waals surface area contributed by atoms with E-state index in [1.165, 1.54) is 50.2 Å². The zero-order chi connectivity index (χ0) is 23.4. The van der Waals surface area contributed by atoms with Crippen molar-refractivity contribution in [2.45, 2.75) is 11.4 Å². The minimum atomic E-state index is -0.717. The van der Waals surface area contributed by atoms with Gasteiger partial charge in [0, 0.05) is 17.0 Å². The average molecular weight is 467 g/mol. The Morgan fingerprint density at radius 2 is 1.67 bits per heavy atom. The number of ether oxygens (including phenoxy) is 2. The van der Waals surface area contributed by atoms with Gasteiger partial charge in [0.2, 0.25) is 5.91 Å². The summed E-state index contributed by atoms with van der Waals surface area (Å²) >= 11 is 1.52. The molecule has 1 fully saturated rings. The fourth-order valence-corrected chi connectivity index (χ4v) is 5.14. The Kier molecular flexibility index (Phi) is 6.84. The highest BCUT2D eigenvalue weighted by Crippen LogP contribution is 2.43. The first-order valence-corrected chi connectivity index (χ1v) is 11.3. The lowest BCUT2D eigenvalue weighted by Gasteiger charge is -2.29. The van der Waals surface area contributed by atoms with Gasteiger partial charge in [0.05, 0.1) is 14.2 Å². The summed E-state index contributed by atoms with van der Waals surface area (Å²) in [7, 11) is 3.03. The van der Waals surface area contributed by atoms with Crippen LogP contribution >= 0.6 is 11.8 Å². The second-order valence-corrected chi connectivity index (χ2v) is 8.50. The number of carbonyl (C=O) groups is 2. The molecule has 1 N–H and O–H groups in total. The number of nitrogens with one attached hydrogen (secondary N) is 1. The van der Waals surface area contributed by atoms with Crippen molar-refractivity contribution in [2.75, 3.05) is 25.3 Å². The smallest absolute Gasteiger partial charge is 0.255 e. The zero-order valence-electron chi connectivity index (χ0n) is 18.2. The topological polar surface area (TPSA) is 67.9 Å². The van der Waals surface area contributed by atoms with E-state index >= 15 is 0 Å². The molecule has 8 heteroatoms. The van der Waals surface area contributed by atoms with E-state index < -0.39 is 6.04 Å². The summed E-state index contributed by atoms with van der Waals surface area (Å²) in [6.45, 7) is 0. The van der Waals surface area contributed by atoms with E-state index in [0.29, 0.717) is 28.5 Å². The van der Waals surface area contributed by atoms with E-state index in [1.54, 1.807) is 23.1 Å². The first kappa shape index (κ1) is 22.7. The SMILES string of the molecule is COc1ccc(C(=O)N2C(C(=O)Nc3ccc(F)cc3)CSC2c2ccccc2)cc1OC. The van der Waals surface area contributed by atoms with Crippen LogP contribution in [0.4, 0.5) is 10.1 Å². The number of carbonyl (C=O) groups excluding carboxylic acids is 2. The van der Waals surface area contributed by atoms with Gasteiger partial charge < -0.3 is 19.7 Å². The second kappa shape index (κ2) is 9.95. The van der Waals surface area contributed by atoms with Gasteiger partial charge >= 0.3 is 0 Å². The first-order valence-electron chi connectivity index (χ1n) is 10.3. The molecule has 1 heterocycles. The molecule has 0 saturated carbocycles. The van der Waals surface area contributed by atoms with E-state index in [0.717, 1.165) is 5.56 Å². The van der Waals surface area contributed by atoms with Gasteiger partial charge in [-0.2, -0.15) is 0 Å². The van der Waals surface area contributed by atoms with Crippen molar-refractivity contribution >= 4 is 29.3 Å². The molecule has 3 aromatic carbocycles. The normalized spacial score (nSPS) is 17.5. The number of rotatable bonds is 6. The average Bonchev–Trinajstić information content (AvgIpc) is 3.30. The van der Waals surface area contributed by atoms with Crippen LogP contribution in [0.1, 0.15) is 21.3 Å². The summed E-state index contributed by atoms with van der Waals surface area (Å²) in [6.07, 6.45) is 0. The summed E-state index contributed by atoms with van der Waals surface area (Å²) in [5, 5.41) is 2.47. The molecule has 1 aliphatic heterocycles. The van der Waals surface area contributed by atoms with Gasteiger partial charge in [-0.1, -0.05) is 30.3 Å². The number of benzene rings is 3. The van der Waals surface area contributed by atoms with Gasteiger partial charge in [-0.05, 0) is 48.0 Å². The molecule has 1 saturated heterocycles. The fraction of sp³-hybridized carbons (Fsp3) is 0.200. The Balaban J connectivity index is 1.67. The first-order chi connectivity index (χ1) is 16.0. The monoisotopic (exact) mass is 466 g/mol. The van der Waals surface area contributed by atoms with Crippen molar-refractivity contribution in [3.05, 3.63) is 89.7 Å². The molecule has 170 valence electrons. The number of methoxy groups -OCH3 is 2. The van der Waals surface area contributed by atoms with Gasteiger partial charge in [0.1, 0.15) is 17.2 Å². The number of hydrogen-bond donors (Lipinski definition) is 1. The third kappa shape index (κ3) is 4.80. The third-order valence-electron chi connectivity index (χ3n) is 5.36. The van der Waals surface area contributed by atoms with Crippen molar-refractivity contribution in [3.63, 3.8) is 0 Å². The lowest BCUT2D eigenvalue weighted by molar-refractivity contribution is -0.119. The van der Waals surface area contributed by atoms with Crippen molar-refractivity contribution in [3.8, 4) is 11.5 Å². The predicted octanol–water partition coefficient (Wildman–Crippen LogP) is 4.74. The van der Waals surface area contributed by atoms with E-state index in [1.807, 2.05) is 30.3 Å². The van der Waals surface area contributed by atoms with Crippen LogP contribution in [0.3, 0.4) is 0 Å². The van der Waals surface area contributed by atoms with Crippen molar-refractivity contribution in [1.82, 2.24) is 4.90 Å². The Hall–Kier alpha value is -3.52. The van der Waals surface area contributed by atoms with Gasteiger partial charge in [-0.25, -0.2) is 4.39 Å². The molecule has 6 nitrogen and oxygen atoms in total. The minimum absolute atomic E-state index is 0.297. The minimum Gasteiger partial charge on any atom is -0.493 e. The second-order valence-electron chi connectivity index (χ2n) is 7.39. The highest BCUT2D eigenvalue weighted by atomic mass is 32.2. The maximum Gasteiger partial charge on any atom is 0.255 e. The van der Waals surface area contributed by atoms with E-state index in [-0.39, 0.29) is 23.0 Å². The van der Waals surface area contributed by atoms with Crippen molar-refractivity contribution < 1.29 is 23.5 Å². The van der Waals surface area contributed by atoms with Gasteiger partial charge in [-0.15, -0.1) is 11.8 Å². The molecule has 2 amide bonds. The molecule has 1 aliphatic rings. The Morgan fingerprint density at radius 1 is 0.970 bits per heavy atom. The molecule has 0 bridgehead atoms. The van der Waals surface area contributed by atoms with Crippen LogP contribution in [0, 0.1) is 5.82 Å². The number of amides is 2. The summed E-state index contributed by atoms with van der Waals surface area (Å²) in [5.74, 6) is 0.342. The molecule has 3 aromatic rings. The molecule has 33 heavy (non-hydrogen) atoms. The van der Waals surface area contributed by atoms with Crippen LogP contribution in [0.15, 0.2) is 72.8 Å². The number of hydrogen-bond acceptors (Lipinski definition) is 5. The molecule has 2 atom stereocenters. The van der Waals surface area contributed by atoms with Crippen LogP contribution in [0.2, 0.25) is 0 Å². The van der Waals surface area contributed by atoms with Gasteiger partial charge in [0.15, 0.2) is 11.5 Å².